The third-order valence-electron chi connectivity index (χ3n) is 2.82. The first kappa shape index (κ1) is 11.0. The maximum atomic E-state index is 13.4. The van der Waals surface area contributed by atoms with Crippen molar-refractivity contribution in [2.24, 2.45) is 0 Å². The van der Waals surface area contributed by atoms with Crippen LogP contribution in [-0.2, 0) is 22.4 Å². The highest BCUT2D eigenvalue weighted by atomic mass is 19.1. The number of ether oxygens (including phenoxy) is 1. The van der Waals surface area contributed by atoms with Crippen LogP contribution in [0.4, 0.5) is 8.78 Å². The number of rotatable bonds is 1. The van der Waals surface area contributed by atoms with E-state index in [1.54, 1.807) is 0 Å². The van der Waals surface area contributed by atoms with Crippen LogP contribution in [0.3, 0.4) is 0 Å². The quantitative estimate of drug-likeness (QED) is 0.728. The molecule has 16 heavy (non-hydrogen) atoms. The highest BCUT2D eigenvalue weighted by Gasteiger charge is 2.45. The van der Waals surface area contributed by atoms with E-state index in [4.69, 9.17) is 0 Å². The van der Waals surface area contributed by atoms with E-state index in [9.17, 15) is 18.7 Å². The highest BCUT2D eigenvalue weighted by molar-refractivity contribution is 5.81. The summed E-state index contributed by atoms with van der Waals surface area (Å²) in [5.41, 5.74) is -1.75. The van der Waals surface area contributed by atoms with E-state index in [-0.39, 0.29) is 24.0 Å². The molecular formula is C11H10F2O3. The third-order valence-corrected chi connectivity index (χ3v) is 2.82. The molecule has 0 aromatic heterocycles. The molecule has 0 radical (unpaired) electrons. The molecule has 86 valence electrons. The fourth-order valence-corrected chi connectivity index (χ4v) is 2.00. The molecule has 1 N–H and O–H groups in total. The molecule has 5 heteroatoms. The minimum Gasteiger partial charge on any atom is -0.467 e. The maximum absolute atomic E-state index is 13.4. The van der Waals surface area contributed by atoms with Gasteiger partial charge in [0.05, 0.1) is 7.11 Å². The van der Waals surface area contributed by atoms with Crippen LogP contribution >= 0.6 is 0 Å². The standard InChI is InChI=1S/C11H10F2O3/c1-16-10(14)11(15)4-6-7(5-11)9(13)3-2-8(6)12/h2-3,15H,4-5H2,1H3. The molecule has 3 nitrogen and oxygen atoms in total. The number of carbonyl (C=O) groups is 1. The van der Waals surface area contributed by atoms with Gasteiger partial charge in [-0.2, -0.15) is 0 Å². The summed E-state index contributed by atoms with van der Waals surface area (Å²) in [6, 6.07) is 1.97. The molecule has 0 unspecified atom stereocenters. The molecule has 1 aliphatic carbocycles. The molecule has 0 atom stereocenters. The smallest absolute Gasteiger partial charge is 0.338 e. The minimum atomic E-state index is -1.85. The zero-order chi connectivity index (χ0) is 11.9. The Balaban J connectivity index is 2.44. The zero-order valence-electron chi connectivity index (χ0n) is 8.59. The monoisotopic (exact) mass is 228 g/mol. The second kappa shape index (κ2) is 3.52. The normalized spacial score (nSPS) is 17.0. The van der Waals surface area contributed by atoms with Gasteiger partial charge in [0.1, 0.15) is 11.6 Å². The summed E-state index contributed by atoms with van der Waals surface area (Å²) in [4.78, 5) is 11.3. The van der Waals surface area contributed by atoms with Gasteiger partial charge in [0, 0.05) is 12.8 Å². The van der Waals surface area contributed by atoms with Crippen molar-refractivity contribution < 1.29 is 23.4 Å². The van der Waals surface area contributed by atoms with Crippen molar-refractivity contribution in [1.82, 2.24) is 0 Å². The number of hydrogen-bond donors (Lipinski definition) is 1. The van der Waals surface area contributed by atoms with Gasteiger partial charge in [-0.3, -0.25) is 0 Å². The first-order valence-electron chi connectivity index (χ1n) is 4.74. The Morgan fingerprint density at radius 2 is 1.75 bits per heavy atom. The summed E-state index contributed by atoms with van der Waals surface area (Å²) in [5.74, 6) is -2.10. The van der Waals surface area contributed by atoms with Gasteiger partial charge >= 0.3 is 5.97 Å². The van der Waals surface area contributed by atoms with Gasteiger partial charge in [0.15, 0.2) is 5.60 Å². The van der Waals surface area contributed by atoms with E-state index in [0.717, 1.165) is 19.2 Å². The van der Waals surface area contributed by atoms with Gasteiger partial charge in [0.25, 0.3) is 0 Å². The highest BCUT2D eigenvalue weighted by Crippen LogP contribution is 2.34. The largest absolute Gasteiger partial charge is 0.467 e. The molecule has 0 saturated carbocycles. The summed E-state index contributed by atoms with van der Waals surface area (Å²) in [6.45, 7) is 0. The fraction of sp³-hybridized carbons (Fsp3) is 0.364. The van der Waals surface area contributed by atoms with Crippen LogP contribution in [0, 0.1) is 11.6 Å². The van der Waals surface area contributed by atoms with Crippen LogP contribution in [0.2, 0.25) is 0 Å². The lowest BCUT2D eigenvalue weighted by Gasteiger charge is -2.18. The first-order chi connectivity index (χ1) is 7.48. The first-order valence-corrected chi connectivity index (χ1v) is 4.74. The van der Waals surface area contributed by atoms with E-state index in [2.05, 4.69) is 4.74 Å². The Morgan fingerprint density at radius 3 is 2.12 bits per heavy atom. The van der Waals surface area contributed by atoms with Gasteiger partial charge < -0.3 is 9.84 Å². The minimum absolute atomic E-state index is 0.0490. The SMILES string of the molecule is COC(=O)C1(O)Cc2c(F)ccc(F)c2C1. The van der Waals surface area contributed by atoms with Gasteiger partial charge in [-0.05, 0) is 23.3 Å². The summed E-state index contributed by atoms with van der Waals surface area (Å²) in [7, 11) is 1.12. The van der Waals surface area contributed by atoms with Gasteiger partial charge in [-0.25, -0.2) is 13.6 Å². The van der Waals surface area contributed by atoms with E-state index in [1.807, 2.05) is 0 Å². The Kier molecular flexibility index (Phi) is 2.42. The Labute approximate surface area is 90.7 Å². The molecule has 1 aromatic carbocycles. The molecule has 0 spiro atoms. The van der Waals surface area contributed by atoms with Crippen molar-refractivity contribution in [3.63, 3.8) is 0 Å². The van der Waals surface area contributed by atoms with Gasteiger partial charge in [-0.15, -0.1) is 0 Å². The molecule has 0 heterocycles. The fourth-order valence-electron chi connectivity index (χ4n) is 2.00. The molecule has 0 amide bonds. The molecule has 0 bridgehead atoms. The zero-order valence-corrected chi connectivity index (χ0v) is 8.59. The third kappa shape index (κ3) is 1.48. The van der Waals surface area contributed by atoms with Crippen molar-refractivity contribution in [2.75, 3.05) is 7.11 Å². The summed E-state index contributed by atoms with van der Waals surface area (Å²) < 4.78 is 31.1. The predicted molar refractivity (Wildman–Crippen MR) is 50.7 cm³/mol. The molecule has 1 aliphatic rings. The van der Waals surface area contributed by atoms with Crippen LogP contribution in [0.5, 0.6) is 0 Å². The number of halogens is 2. The van der Waals surface area contributed by atoms with Crippen molar-refractivity contribution >= 4 is 5.97 Å². The molecule has 1 aromatic rings. The molecule has 0 aliphatic heterocycles. The lowest BCUT2D eigenvalue weighted by atomic mass is 10.0. The summed E-state index contributed by atoms with van der Waals surface area (Å²) >= 11 is 0. The average Bonchev–Trinajstić information content (AvgIpc) is 2.63. The number of methoxy groups -OCH3 is 1. The van der Waals surface area contributed by atoms with E-state index < -0.39 is 23.2 Å². The summed E-state index contributed by atoms with van der Waals surface area (Å²) in [6.07, 6.45) is -0.503. The van der Waals surface area contributed by atoms with Gasteiger partial charge in [0.2, 0.25) is 0 Å². The molecular weight excluding hydrogens is 218 g/mol. The number of aliphatic hydroxyl groups is 1. The Morgan fingerprint density at radius 1 is 1.31 bits per heavy atom. The van der Waals surface area contributed by atoms with Crippen LogP contribution in [0.25, 0.3) is 0 Å². The van der Waals surface area contributed by atoms with Crippen molar-refractivity contribution in [3.05, 3.63) is 34.9 Å². The van der Waals surface area contributed by atoms with Crippen LogP contribution in [0.1, 0.15) is 11.1 Å². The van der Waals surface area contributed by atoms with Gasteiger partial charge in [-0.1, -0.05) is 0 Å². The number of esters is 1. The lowest BCUT2D eigenvalue weighted by Crippen LogP contribution is -2.40. The second-order valence-electron chi connectivity index (χ2n) is 3.86. The topological polar surface area (TPSA) is 46.5 Å². The Hall–Kier alpha value is -1.49. The maximum Gasteiger partial charge on any atom is 0.338 e. The number of hydrogen-bond acceptors (Lipinski definition) is 3. The number of fused-ring (bicyclic) bond motifs is 1. The van der Waals surface area contributed by atoms with Crippen LogP contribution in [-0.4, -0.2) is 23.8 Å². The number of carbonyl (C=O) groups excluding carboxylic acids is 1. The van der Waals surface area contributed by atoms with E-state index in [0.29, 0.717) is 0 Å². The van der Waals surface area contributed by atoms with Crippen LogP contribution in [0.15, 0.2) is 12.1 Å². The van der Waals surface area contributed by atoms with E-state index in [1.165, 1.54) is 0 Å². The second-order valence-corrected chi connectivity index (χ2v) is 3.86. The average molecular weight is 228 g/mol. The molecule has 0 fully saturated rings. The predicted octanol–water partition coefficient (Wildman–Crippen LogP) is 0.968. The van der Waals surface area contributed by atoms with Crippen LogP contribution < -0.4 is 0 Å². The molecule has 2 rings (SSSR count). The number of benzene rings is 1. The van der Waals surface area contributed by atoms with Crippen molar-refractivity contribution in [2.45, 2.75) is 18.4 Å². The Bertz CT molecular complexity index is 426. The van der Waals surface area contributed by atoms with E-state index >= 15 is 0 Å². The summed E-state index contributed by atoms with van der Waals surface area (Å²) in [5, 5.41) is 9.92. The molecule has 0 saturated heterocycles. The lowest BCUT2D eigenvalue weighted by molar-refractivity contribution is -0.161. The van der Waals surface area contributed by atoms with Crippen molar-refractivity contribution in [3.8, 4) is 0 Å². The van der Waals surface area contributed by atoms with Crippen molar-refractivity contribution in [1.29, 1.82) is 0 Å².